The number of amides is 4. The van der Waals surface area contributed by atoms with Gasteiger partial charge in [0.15, 0.2) is 0 Å². The van der Waals surface area contributed by atoms with E-state index in [1.807, 2.05) is 30.3 Å². The Hall–Kier alpha value is -3.29. The Morgan fingerprint density at radius 2 is 1.97 bits per heavy atom. The topological polar surface area (TPSA) is 109 Å². The normalized spacial score (nSPS) is 24.9. The monoisotopic (exact) mass is 470 g/mol. The smallest absolute Gasteiger partial charge is 0.407 e. The van der Waals surface area contributed by atoms with Crippen LogP contribution in [0.5, 0.6) is 0 Å². The summed E-state index contributed by atoms with van der Waals surface area (Å²) < 4.78 is 5.14. The lowest BCUT2D eigenvalue weighted by molar-refractivity contribution is -0.152. The van der Waals surface area contributed by atoms with E-state index in [1.54, 1.807) is 20.8 Å². The minimum atomic E-state index is -0.770. The molecule has 182 valence electrons. The van der Waals surface area contributed by atoms with E-state index in [1.165, 1.54) is 9.96 Å². The third-order valence-electron chi connectivity index (χ3n) is 5.88. The molecule has 2 heterocycles. The molecule has 0 spiro atoms. The fourth-order valence-electron chi connectivity index (χ4n) is 4.45. The van der Waals surface area contributed by atoms with Gasteiger partial charge in [0.25, 0.3) is 5.91 Å². The van der Waals surface area contributed by atoms with E-state index in [0.717, 1.165) is 5.56 Å². The average Bonchev–Trinajstić information content (AvgIpc) is 3.37. The van der Waals surface area contributed by atoms with Gasteiger partial charge in [0.1, 0.15) is 18.2 Å². The van der Waals surface area contributed by atoms with Gasteiger partial charge in [0, 0.05) is 25.4 Å². The summed E-state index contributed by atoms with van der Waals surface area (Å²) in [4.78, 5) is 50.4. The number of hydroxylamine groups is 3. The summed E-state index contributed by atoms with van der Waals surface area (Å²) in [7, 11) is 0. The van der Waals surface area contributed by atoms with E-state index in [0.29, 0.717) is 13.0 Å². The second-order valence-electron chi connectivity index (χ2n) is 9.49. The van der Waals surface area contributed by atoms with Crippen LogP contribution in [-0.4, -0.2) is 65.4 Å². The van der Waals surface area contributed by atoms with E-state index < -0.39 is 23.6 Å². The molecule has 4 atom stereocenters. The summed E-state index contributed by atoms with van der Waals surface area (Å²) in [6.07, 6.45) is 0.0367. The molecular formula is C24H30N4O6. The van der Waals surface area contributed by atoms with Crippen LogP contribution in [0.3, 0.4) is 0 Å². The summed E-state index contributed by atoms with van der Waals surface area (Å²) in [5.41, 5.74) is 2.76. The molecule has 0 saturated carbocycles. The Balaban J connectivity index is 1.31. The summed E-state index contributed by atoms with van der Waals surface area (Å²) in [5, 5.41) is 3.95. The van der Waals surface area contributed by atoms with Crippen molar-refractivity contribution in [1.82, 2.24) is 20.8 Å². The van der Waals surface area contributed by atoms with Crippen LogP contribution in [0.2, 0.25) is 0 Å². The minimum Gasteiger partial charge on any atom is -0.444 e. The van der Waals surface area contributed by atoms with E-state index in [9.17, 15) is 14.4 Å². The second kappa shape index (κ2) is 9.91. The molecule has 2 fully saturated rings. The molecule has 1 aromatic rings. The molecule has 1 aliphatic carbocycles. The number of nitrogens with zero attached hydrogens (tertiary/aromatic N) is 2. The summed E-state index contributed by atoms with van der Waals surface area (Å²) in [5.74, 6) is 5.48. The highest BCUT2D eigenvalue weighted by Gasteiger charge is 2.57. The van der Waals surface area contributed by atoms with Gasteiger partial charge in [-0.3, -0.25) is 14.5 Å². The van der Waals surface area contributed by atoms with Crippen LogP contribution in [0.15, 0.2) is 30.3 Å². The highest BCUT2D eigenvalue weighted by atomic mass is 16.7. The van der Waals surface area contributed by atoms with Crippen molar-refractivity contribution in [2.75, 3.05) is 19.7 Å². The molecule has 4 amide bonds. The lowest BCUT2D eigenvalue weighted by Gasteiger charge is -2.37. The molecule has 4 unspecified atom stereocenters. The second-order valence-corrected chi connectivity index (χ2v) is 9.49. The standard InChI is InChI=1S/C24H30N4O6/c1-24(2,3)34-22(30)25-12-13-32-26-21(29)20-18-11-7-10-17(18)19-14-27(20)23(31)28(19)33-15-16-8-5-4-6-9-16/h4-6,8-9,17-20H,10,12-15H2,1-3H3,(H,25,30)(H,26,29). The van der Waals surface area contributed by atoms with Crippen molar-refractivity contribution < 1.29 is 28.8 Å². The summed E-state index contributed by atoms with van der Waals surface area (Å²) >= 11 is 0. The maximum absolute atomic E-state index is 13.1. The van der Waals surface area contributed by atoms with Crippen molar-refractivity contribution in [3.8, 4) is 11.8 Å². The lowest BCUT2D eigenvalue weighted by Crippen LogP contribution is -2.56. The van der Waals surface area contributed by atoms with Gasteiger partial charge in [0.2, 0.25) is 0 Å². The SMILES string of the molecule is CC(C)(C)OC(=O)NCCONC(=O)C1C2C#CCC2C2CN1C(=O)N2OCc1ccccc1. The lowest BCUT2D eigenvalue weighted by atomic mass is 9.79. The Kier molecular flexibility index (Phi) is 6.95. The van der Waals surface area contributed by atoms with Gasteiger partial charge in [-0.25, -0.2) is 15.1 Å². The molecule has 10 nitrogen and oxygen atoms in total. The van der Waals surface area contributed by atoms with Crippen LogP contribution in [0.1, 0.15) is 32.8 Å². The molecule has 2 N–H and O–H groups in total. The first-order chi connectivity index (χ1) is 16.2. The fraction of sp³-hybridized carbons (Fsp3) is 0.542. The first-order valence-electron chi connectivity index (χ1n) is 11.4. The van der Waals surface area contributed by atoms with Crippen molar-refractivity contribution in [2.45, 2.75) is 51.5 Å². The highest BCUT2D eigenvalue weighted by Crippen LogP contribution is 2.42. The number of benzene rings is 1. The Morgan fingerprint density at radius 1 is 1.21 bits per heavy atom. The molecule has 2 aliphatic heterocycles. The van der Waals surface area contributed by atoms with Gasteiger partial charge in [-0.05, 0) is 26.3 Å². The van der Waals surface area contributed by atoms with E-state index in [-0.39, 0.29) is 43.7 Å². The molecule has 3 aliphatic rings. The first kappa shape index (κ1) is 23.9. The van der Waals surface area contributed by atoms with Crippen molar-refractivity contribution >= 4 is 18.0 Å². The maximum Gasteiger partial charge on any atom is 0.407 e. The number of hydrogen-bond donors (Lipinski definition) is 2. The molecule has 2 bridgehead atoms. The van der Waals surface area contributed by atoms with Gasteiger partial charge in [0.05, 0.1) is 18.6 Å². The molecule has 0 radical (unpaired) electrons. The molecule has 34 heavy (non-hydrogen) atoms. The van der Waals surface area contributed by atoms with Gasteiger partial charge >= 0.3 is 12.1 Å². The van der Waals surface area contributed by atoms with Gasteiger partial charge in [-0.1, -0.05) is 36.3 Å². The van der Waals surface area contributed by atoms with Crippen LogP contribution >= 0.6 is 0 Å². The van der Waals surface area contributed by atoms with Gasteiger partial charge < -0.3 is 15.0 Å². The van der Waals surface area contributed by atoms with Crippen molar-refractivity contribution in [1.29, 1.82) is 0 Å². The largest absolute Gasteiger partial charge is 0.444 e. The predicted molar refractivity (Wildman–Crippen MR) is 120 cm³/mol. The Labute approximate surface area is 198 Å². The van der Waals surface area contributed by atoms with Crippen LogP contribution in [0.25, 0.3) is 0 Å². The zero-order valence-electron chi connectivity index (χ0n) is 19.6. The van der Waals surface area contributed by atoms with E-state index in [4.69, 9.17) is 14.4 Å². The predicted octanol–water partition coefficient (Wildman–Crippen LogP) is 1.82. The first-order valence-corrected chi connectivity index (χ1v) is 11.4. The molecule has 1 aromatic carbocycles. The molecular weight excluding hydrogens is 440 g/mol. The molecule has 0 aromatic heterocycles. The zero-order chi connectivity index (χ0) is 24.3. The number of nitrogens with one attached hydrogen (secondary N) is 2. The Bertz CT molecular complexity index is 983. The van der Waals surface area contributed by atoms with Crippen LogP contribution in [0.4, 0.5) is 9.59 Å². The summed E-state index contributed by atoms with van der Waals surface area (Å²) in [6.45, 7) is 6.15. The number of carbonyl (C=O) groups is 3. The average molecular weight is 471 g/mol. The van der Waals surface area contributed by atoms with E-state index >= 15 is 0 Å². The fourth-order valence-corrected chi connectivity index (χ4v) is 4.45. The highest BCUT2D eigenvalue weighted by molar-refractivity contribution is 5.89. The number of hydrogen-bond acceptors (Lipinski definition) is 6. The van der Waals surface area contributed by atoms with Crippen molar-refractivity contribution in [2.24, 2.45) is 11.8 Å². The molecule has 4 rings (SSSR count). The van der Waals surface area contributed by atoms with Gasteiger partial charge in [-0.15, -0.1) is 5.92 Å². The number of carbonyl (C=O) groups excluding carboxylic acids is 3. The number of ether oxygens (including phenoxy) is 1. The van der Waals surface area contributed by atoms with E-state index in [2.05, 4.69) is 22.6 Å². The van der Waals surface area contributed by atoms with Crippen LogP contribution in [0, 0.1) is 23.7 Å². The molecule has 2 saturated heterocycles. The molecule has 10 heteroatoms. The van der Waals surface area contributed by atoms with Gasteiger partial charge in [-0.2, -0.15) is 5.06 Å². The number of urea groups is 1. The number of alkyl carbamates (subject to hydrolysis) is 1. The zero-order valence-corrected chi connectivity index (χ0v) is 19.6. The van der Waals surface area contributed by atoms with Crippen LogP contribution < -0.4 is 10.8 Å². The summed E-state index contributed by atoms with van der Waals surface area (Å²) in [6, 6.07) is 8.32. The van der Waals surface area contributed by atoms with Crippen LogP contribution in [-0.2, 0) is 25.8 Å². The third-order valence-corrected chi connectivity index (χ3v) is 5.88. The maximum atomic E-state index is 13.1. The number of fused-ring (bicyclic) bond motifs is 4. The van der Waals surface area contributed by atoms with Crippen molar-refractivity contribution in [3.63, 3.8) is 0 Å². The minimum absolute atomic E-state index is 0.0111. The number of piperidine rings is 1. The van der Waals surface area contributed by atoms with Crippen molar-refractivity contribution in [3.05, 3.63) is 35.9 Å². The number of rotatable bonds is 8. The quantitative estimate of drug-likeness (QED) is 0.341. The Morgan fingerprint density at radius 3 is 2.71 bits per heavy atom. The third kappa shape index (κ3) is 5.26.